The highest BCUT2D eigenvalue weighted by molar-refractivity contribution is 6.30. The predicted molar refractivity (Wildman–Crippen MR) is 71.4 cm³/mol. The molecule has 1 aliphatic rings. The van der Waals surface area contributed by atoms with Crippen LogP contribution in [0, 0.1) is 5.92 Å². The lowest BCUT2D eigenvalue weighted by Crippen LogP contribution is -2.25. The molecular formula is C14H20ClNO. The van der Waals surface area contributed by atoms with E-state index in [0.717, 1.165) is 31.1 Å². The summed E-state index contributed by atoms with van der Waals surface area (Å²) in [6, 6.07) is 8.03. The van der Waals surface area contributed by atoms with Gasteiger partial charge in [-0.3, -0.25) is 0 Å². The third-order valence-electron chi connectivity index (χ3n) is 3.22. The monoisotopic (exact) mass is 253 g/mol. The van der Waals surface area contributed by atoms with Gasteiger partial charge in [0.1, 0.15) is 0 Å². The minimum absolute atomic E-state index is 0.207. The molecule has 1 fully saturated rings. The number of ether oxygens (including phenoxy) is 1. The fourth-order valence-corrected chi connectivity index (χ4v) is 2.56. The molecule has 0 spiro atoms. The van der Waals surface area contributed by atoms with Gasteiger partial charge in [-0.1, -0.05) is 30.7 Å². The normalized spacial score (nSPS) is 24.1. The number of halogens is 1. The van der Waals surface area contributed by atoms with Crippen LogP contribution in [0.1, 0.15) is 31.4 Å². The summed E-state index contributed by atoms with van der Waals surface area (Å²) in [6.45, 7) is 5.16. The Morgan fingerprint density at radius 3 is 3.12 bits per heavy atom. The minimum atomic E-state index is 0.207. The van der Waals surface area contributed by atoms with Crippen LogP contribution < -0.4 is 5.32 Å². The summed E-state index contributed by atoms with van der Waals surface area (Å²) in [5, 5.41) is 4.27. The molecule has 1 heterocycles. The van der Waals surface area contributed by atoms with Gasteiger partial charge in [0.15, 0.2) is 0 Å². The van der Waals surface area contributed by atoms with Crippen molar-refractivity contribution in [2.75, 3.05) is 19.7 Å². The predicted octanol–water partition coefficient (Wildman–Crippen LogP) is 3.42. The molecule has 1 aromatic rings. The maximum atomic E-state index is 6.03. The molecule has 1 aromatic carbocycles. The topological polar surface area (TPSA) is 21.3 Å². The Kier molecular flexibility index (Phi) is 4.84. The van der Waals surface area contributed by atoms with Crippen molar-refractivity contribution in [3.05, 3.63) is 34.9 Å². The van der Waals surface area contributed by atoms with Crippen molar-refractivity contribution < 1.29 is 4.74 Å². The zero-order chi connectivity index (χ0) is 12.1. The van der Waals surface area contributed by atoms with Gasteiger partial charge in [0.05, 0.1) is 6.10 Å². The first-order valence-corrected chi connectivity index (χ1v) is 6.77. The van der Waals surface area contributed by atoms with Gasteiger partial charge >= 0.3 is 0 Å². The highest BCUT2D eigenvalue weighted by Gasteiger charge is 2.29. The van der Waals surface area contributed by atoms with Crippen molar-refractivity contribution in [2.24, 2.45) is 5.92 Å². The maximum Gasteiger partial charge on any atom is 0.0866 e. The van der Waals surface area contributed by atoms with E-state index < -0.39 is 0 Å². The van der Waals surface area contributed by atoms with Gasteiger partial charge in [-0.05, 0) is 37.1 Å². The molecule has 0 radical (unpaired) electrons. The van der Waals surface area contributed by atoms with Crippen LogP contribution in [0.3, 0.4) is 0 Å². The molecule has 2 unspecified atom stereocenters. The first-order valence-electron chi connectivity index (χ1n) is 6.39. The fourth-order valence-electron chi connectivity index (χ4n) is 2.36. The molecule has 94 valence electrons. The molecule has 1 saturated heterocycles. The van der Waals surface area contributed by atoms with Crippen molar-refractivity contribution >= 4 is 11.6 Å². The Balaban J connectivity index is 1.99. The lowest BCUT2D eigenvalue weighted by Gasteiger charge is -2.19. The van der Waals surface area contributed by atoms with E-state index in [2.05, 4.69) is 18.3 Å². The van der Waals surface area contributed by atoms with Crippen molar-refractivity contribution in [1.29, 1.82) is 0 Å². The molecule has 0 saturated carbocycles. The largest absolute Gasteiger partial charge is 0.373 e. The fraction of sp³-hybridized carbons (Fsp3) is 0.571. The summed E-state index contributed by atoms with van der Waals surface area (Å²) in [7, 11) is 0. The van der Waals surface area contributed by atoms with Crippen LogP contribution in [0.2, 0.25) is 5.02 Å². The SMILES string of the molecule is CCCNCC1CCOC1c1cccc(Cl)c1. The van der Waals surface area contributed by atoms with Gasteiger partial charge in [0.2, 0.25) is 0 Å². The van der Waals surface area contributed by atoms with Crippen LogP contribution in [0.4, 0.5) is 0 Å². The van der Waals surface area contributed by atoms with E-state index in [1.165, 1.54) is 12.0 Å². The van der Waals surface area contributed by atoms with Crippen LogP contribution in [0.25, 0.3) is 0 Å². The van der Waals surface area contributed by atoms with Gasteiger partial charge in [-0.2, -0.15) is 0 Å². The second-order valence-corrected chi connectivity index (χ2v) is 5.04. The molecule has 2 rings (SSSR count). The van der Waals surface area contributed by atoms with E-state index in [1.807, 2.05) is 18.2 Å². The average Bonchev–Trinajstić information content (AvgIpc) is 2.78. The number of rotatable bonds is 5. The van der Waals surface area contributed by atoms with E-state index >= 15 is 0 Å². The second kappa shape index (κ2) is 6.39. The molecule has 1 N–H and O–H groups in total. The third-order valence-corrected chi connectivity index (χ3v) is 3.46. The van der Waals surface area contributed by atoms with Gasteiger partial charge in [-0.15, -0.1) is 0 Å². The van der Waals surface area contributed by atoms with E-state index in [9.17, 15) is 0 Å². The summed E-state index contributed by atoms with van der Waals surface area (Å²) in [4.78, 5) is 0. The zero-order valence-corrected chi connectivity index (χ0v) is 11.0. The number of benzene rings is 1. The highest BCUT2D eigenvalue weighted by atomic mass is 35.5. The summed E-state index contributed by atoms with van der Waals surface area (Å²) in [6.07, 6.45) is 2.52. The van der Waals surface area contributed by atoms with Gasteiger partial charge in [0, 0.05) is 24.1 Å². The van der Waals surface area contributed by atoms with E-state index in [1.54, 1.807) is 0 Å². The van der Waals surface area contributed by atoms with Crippen molar-refractivity contribution in [3.8, 4) is 0 Å². The van der Waals surface area contributed by atoms with Crippen molar-refractivity contribution in [3.63, 3.8) is 0 Å². The van der Waals surface area contributed by atoms with Crippen LogP contribution in [-0.4, -0.2) is 19.7 Å². The molecule has 2 atom stereocenters. The number of hydrogen-bond acceptors (Lipinski definition) is 2. The van der Waals surface area contributed by atoms with E-state index in [0.29, 0.717) is 5.92 Å². The molecule has 0 bridgehead atoms. The summed E-state index contributed by atoms with van der Waals surface area (Å²) in [5.74, 6) is 0.569. The molecule has 0 aliphatic carbocycles. The van der Waals surface area contributed by atoms with Gasteiger partial charge < -0.3 is 10.1 Å². The zero-order valence-electron chi connectivity index (χ0n) is 10.3. The standard InChI is InChI=1S/C14H20ClNO/c1-2-7-16-10-12-6-8-17-14(12)11-4-3-5-13(15)9-11/h3-5,9,12,14,16H,2,6-8,10H2,1H3. The molecule has 1 aliphatic heterocycles. The third kappa shape index (κ3) is 3.44. The summed E-state index contributed by atoms with van der Waals surface area (Å²) in [5.41, 5.74) is 1.21. The Labute approximate surface area is 108 Å². The molecular weight excluding hydrogens is 234 g/mol. The van der Waals surface area contributed by atoms with Gasteiger partial charge in [0.25, 0.3) is 0 Å². The lowest BCUT2D eigenvalue weighted by molar-refractivity contribution is 0.0906. The van der Waals surface area contributed by atoms with Gasteiger partial charge in [-0.25, -0.2) is 0 Å². The molecule has 0 amide bonds. The average molecular weight is 254 g/mol. The Morgan fingerprint density at radius 1 is 1.47 bits per heavy atom. The lowest BCUT2D eigenvalue weighted by atomic mass is 9.95. The van der Waals surface area contributed by atoms with Crippen LogP contribution in [0.5, 0.6) is 0 Å². The van der Waals surface area contributed by atoms with Crippen LogP contribution in [0.15, 0.2) is 24.3 Å². The summed E-state index contributed by atoms with van der Waals surface area (Å²) >= 11 is 6.03. The molecule has 2 nitrogen and oxygen atoms in total. The Morgan fingerprint density at radius 2 is 2.35 bits per heavy atom. The Bertz CT molecular complexity index is 356. The Hall–Kier alpha value is -0.570. The van der Waals surface area contributed by atoms with E-state index in [-0.39, 0.29) is 6.10 Å². The summed E-state index contributed by atoms with van der Waals surface area (Å²) < 4.78 is 5.84. The second-order valence-electron chi connectivity index (χ2n) is 4.60. The van der Waals surface area contributed by atoms with E-state index in [4.69, 9.17) is 16.3 Å². The quantitative estimate of drug-likeness (QED) is 0.812. The number of nitrogens with one attached hydrogen (secondary N) is 1. The first-order chi connectivity index (χ1) is 8.31. The van der Waals surface area contributed by atoms with Crippen molar-refractivity contribution in [1.82, 2.24) is 5.32 Å². The highest BCUT2D eigenvalue weighted by Crippen LogP contribution is 2.34. The van der Waals surface area contributed by atoms with Crippen LogP contribution >= 0.6 is 11.6 Å². The molecule has 3 heteroatoms. The molecule has 17 heavy (non-hydrogen) atoms. The maximum absolute atomic E-state index is 6.03. The smallest absolute Gasteiger partial charge is 0.0866 e. The van der Waals surface area contributed by atoms with Crippen molar-refractivity contribution in [2.45, 2.75) is 25.9 Å². The first kappa shape index (κ1) is 12.9. The minimum Gasteiger partial charge on any atom is -0.373 e. The van der Waals surface area contributed by atoms with Crippen LogP contribution in [-0.2, 0) is 4.74 Å². The number of hydrogen-bond donors (Lipinski definition) is 1. The molecule has 0 aromatic heterocycles.